The van der Waals surface area contributed by atoms with E-state index in [0.29, 0.717) is 33.7 Å². The number of nitriles is 4. The average molecular weight is 360 g/mol. The van der Waals surface area contributed by atoms with Crippen molar-refractivity contribution in [2.24, 2.45) is 0 Å². The van der Waals surface area contributed by atoms with Gasteiger partial charge in [0.25, 0.3) is 0 Å². The van der Waals surface area contributed by atoms with Crippen molar-refractivity contribution < 1.29 is 0 Å². The molecule has 0 aliphatic carbocycles. The van der Waals surface area contributed by atoms with E-state index in [-0.39, 0.29) is 11.1 Å². The van der Waals surface area contributed by atoms with Crippen LogP contribution in [0.3, 0.4) is 0 Å². The second-order valence-corrected chi connectivity index (χ2v) is 7.83. The molecule has 0 spiro atoms. The molecule has 0 N–H and O–H groups in total. The Morgan fingerprint density at radius 2 is 1.12 bits per heavy atom. The minimum Gasteiger partial charge on any atom is -0.192 e. The SMILES string of the molecule is N#CC(C#N)=c1c2ccccc2c(=C(C#N)C#N)c2sc(=S)sc12. The van der Waals surface area contributed by atoms with E-state index in [4.69, 9.17) is 12.2 Å². The van der Waals surface area contributed by atoms with Crippen LogP contribution in [0.15, 0.2) is 24.3 Å². The molecule has 0 saturated heterocycles. The fourth-order valence-corrected chi connectivity index (χ4v) is 5.31. The molecule has 0 radical (unpaired) electrons. The first-order chi connectivity index (χ1) is 11.7. The van der Waals surface area contributed by atoms with Crippen LogP contribution in [-0.2, 0) is 0 Å². The Morgan fingerprint density at radius 3 is 1.46 bits per heavy atom. The predicted octanol–water partition coefficient (Wildman–Crippen LogP) is 3.24. The Kier molecular flexibility index (Phi) is 4.09. The fraction of sp³-hybridized carbons (Fsp3) is 0. The van der Waals surface area contributed by atoms with Gasteiger partial charge in [0.05, 0.1) is 9.40 Å². The molecule has 3 aromatic rings. The van der Waals surface area contributed by atoms with Gasteiger partial charge in [0.2, 0.25) is 0 Å². The largest absolute Gasteiger partial charge is 0.192 e. The van der Waals surface area contributed by atoms with Gasteiger partial charge in [0.1, 0.15) is 38.6 Å². The summed E-state index contributed by atoms with van der Waals surface area (Å²) in [4.78, 5) is 0. The van der Waals surface area contributed by atoms with Crippen molar-refractivity contribution in [3.05, 3.63) is 37.8 Å². The van der Waals surface area contributed by atoms with Crippen molar-refractivity contribution >= 4 is 66.2 Å². The maximum atomic E-state index is 9.34. The Morgan fingerprint density at radius 1 is 0.750 bits per heavy atom. The van der Waals surface area contributed by atoms with E-state index in [0.717, 1.165) is 0 Å². The molecule has 1 aromatic heterocycles. The van der Waals surface area contributed by atoms with Gasteiger partial charge in [0.15, 0.2) is 0 Å². The van der Waals surface area contributed by atoms with Crippen LogP contribution in [0.4, 0.5) is 0 Å². The summed E-state index contributed by atoms with van der Waals surface area (Å²) >= 11 is 7.84. The second-order valence-electron chi connectivity index (χ2n) is 4.61. The van der Waals surface area contributed by atoms with Crippen LogP contribution in [0.25, 0.3) is 31.3 Å². The maximum Gasteiger partial charge on any atom is 0.144 e. The van der Waals surface area contributed by atoms with E-state index in [9.17, 15) is 21.0 Å². The third-order valence-corrected chi connectivity index (χ3v) is 6.13. The highest BCUT2D eigenvalue weighted by Crippen LogP contribution is 2.26. The van der Waals surface area contributed by atoms with Gasteiger partial charge in [-0.3, -0.25) is 0 Å². The molecule has 0 bridgehead atoms. The summed E-state index contributed by atoms with van der Waals surface area (Å²) in [5.41, 5.74) is -0.0236. The molecular formula is C17H4N4S3. The molecule has 110 valence electrons. The first-order valence-electron chi connectivity index (χ1n) is 6.49. The number of hydrogen-bond acceptors (Lipinski definition) is 7. The molecule has 0 fully saturated rings. The van der Waals surface area contributed by atoms with Crippen molar-refractivity contribution in [2.75, 3.05) is 0 Å². The number of benzene rings is 2. The van der Waals surface area contributed by atoms with E-state index in [2.05, 4.69) is 0 Å². The molecule has 7 heteroatoms. The van der Waals surface area contributed by atoms with Crippen molar-refractivity contribution in [1.82, 2.24) is 0 Å². The first kappa shape index (κ1) is 15.8. The Bertz CT molecular complexity index is 1230. The summed E-state index contributed by atoms with van der Waals surface area (Å²) in [5, 5.41) is 39.7. The van der Waals surface area contributed by atoms with Crippen LogP contribution in [-0.4, -0.2) is 0 Å². The van der Waals surface area contributed by atoms with Gasteiger partial charge in [-0.2, -0.15) is 21.0 Å². The van der Waals surface area contributed by atoms with Gasteiger partial charge in [0, 0.05) is 10.4 Å². The van der Waals surface area contributed by atoms with Gasteiger partial charge < -0.3 is 0 Å². The molecule has 0 amide bonds. The highest BCUT2D eigenvalue weighted by molar-refractivity contribution is 7.77. The van der Waals surface area contributed by atoms with Crippen molar-refractivity contribution in [3.8, 4) is 24.3 Å². The average Bonchev–Trinajstić information content (AvgIpc) is 2.99. The zero-order valence-corrected chi connectivity index (χ0v) is 14.3. The molecule has 0 atom stereocenters. The summed E-state index contributed by atoms with van der Waals surface area (Å²) in [7, 11) is 0. The summed E-state index contributed by atoms with van der Waals surface area (Å²) in [6.45, 7) is 0. The monoisotopic (exact) mass is 360 g/mol. The lowest BCUT2D eigenvalue weighted by Crippen LogP contribution is -2.16. The Hall–Kier alpha value is -3.07. The van der Waals surface area contributed by atoms with E-state index in [1.807, 2.05) is 24.3 Å². The van der Waals surface area contributed by atoms with Crippen LogP contribution in [0, 0.1) is 48.5 Å². The smallest absolute Gasteiger partial charge is 0.144 e. The zero-order valence-electron chi connectivity index (χ0n) is 11.8. The fourth-order valence-electron chi connectivity index (χ4n) is 2.54. The molecule has 3 rings (SSSR count). The Balaban J connectivity index is 2.97. The number of fused-ring (bicyclic) bond motifs is 2. The highest BCUT2D eigenvalue weighted by Gasteiger charge is 2.14. The van der Waals surface area contributed by atoms with Crippen LogP contribution >= 0.6 is 34.9 Å². The van der Waals surface area contributed by atoms with Crippen molar-refractivity contribution in [3.63, 3.8) is 0 Å². The first-order valence-corrected chi connectivity index (χ1v) is 8.53. The topological polar surface area (TPSA) is 95.2 Å². The predicted molar refractivity (Wildman–Crippen MR) is 96.6 cm³/mol. The standard InChI is InChI=1S/C17H4N4S3/c18-5-9(6-19)13-11-3-1-2-4-12(11)14(10(7-20)8-21)16-15(13)23-17(22)24-16/h1-4H. The zero-order chi connectivity index (χ0) is 17.3. The van der Waals surface area contributed by atoms with Crippen molar-refractivity contribution in [2.45, 2.75) is 0 Å². The summed E-state index contributed by atoms with van der Waals surface area (Å²) in [6, 6.07) is 14.9. The molecule has 4 nitrogen and oxygen atoms in total. The molecule has 24 heavy (non-hydrogen) atoms. The summed E-state index contributed by atoms with van der Waals surface area (Å²) < 4.78 is 1.94. The van der Waals surface area contributed by atoms with Crippen LogP contribution in [0.5, 0.6) is 0 Å². The van der Waals surface area contributed by atoms with Crippen LogP contribution in [0.1, 0.15) is 0 Å². The molecule has 1 heterocycles. The lowest BCUT2D eigenvalue weighted by Gasteiger charge is -2.03. The molecule has 0 unspecified atom stereocenters. The second kappa shape index (κ2) is 6.20. The van der Waals surface area contributed by atoms with Gasteiger partial charge >= 0.3 is 0 Å². The minimum atomic E-state index is -0.0118. The third-order valence-electron chi connectivity index (χ3n) is 3.44. The lowest BCUT2D eigenvalue weighted by molar-refractivity contribution is 1.50. The molecule has 0 aliphatic rings. The van der Waals surface area contributed by atoms with E-state index >= 15 is 0 Å². The van der Waals surface area contributed by atoms with E-state index in [1.54, 1.807) is 24.3 Å². The lowest BCUT2D eigenvalue weighted by atomic mass is 10.0. The summed E-state index contributed by atoms with van der Waals surface area (Å²) in [6.07, 6.45) is 0. The van der Waals surface area contributed by atoms with Crippen LogP contribution < -0.4 is 10.4 Å². The van der Waals surface area contributed by atoms with E-state index < -0.39 is 0 Å². The molecule has 0 saturated carbocycles. The van der Waals surface area contributed by atoms with Gasteiger partial charge in [-0.05, 0) is 10.8 Å². The van der Waals surface area contributed by atoms with Gasteiger partial charge in [-0.15, -0.1) is 22.7 Å². The van der Waals surface area contributed by atoms with Crippen LogP contribution in [0.2, 0.25) is 0 Å². The van der Waals surface area contributed by atoms with Gasteiger partial charge in [-0.25, -0.2) is 0 Å². The number of nitrogens with zero attached hydrogens (tertiary/aromatic N) is 4. The normalized spacial score (nSPS) is 9.67. The number of rotatable bonds is 0. The highest BCUT2D eigenvalue weighted by atomic mass is 32.2. The maximum absolute atomic E-state index is 9.34. The Labute approximate surface area is 149 Å². The molecule has 0 aliphatic heterocycles. The van der Waals surface area contributed by atoms with Gasteiger partial charge in [-0.1, -0.05) is 36.5 Å². The van der Waals surface area contributed by atoms with E-state index in [1.165, 1.54) is 22.7 Å². The minimum absolute atomic E-state index is 0.0118. The number of hydrogen-bond donors (Lipinski definition) is 0. The molecule has 2 aromatic carbocycles. The third kappa shape index (κ3) is 2.26. The molecular weight excluding hydrogens is 356 g/mol. The van der Waals surface area contributed by atoms with Crippen molar-refractivity contribution in [1.29, 1.82) is 21.0 Å². The summed E-state index contributed by atoms with van der Waals surface area (Å²) in [5.74, 6) is 0. The quantitative estimate of drug-likeness (QED) is 0.574.